The van der Waals surface area contributed by atoms with Crippen LogP contribution in [0.15, 0.2) is 42.5 Å². The monoisotopic (exact) mass is 421 g/mol. The van der Waals surface area contributed by atoms with Crippen LogP contribution in [0.3, 0.4) is 0 Å². The molecule has 7 nitrogen and oxygen atoms in total. The van der Waals surface area contributed by atoms with E-state index in [4.69, 9.17) is 19.2 Å². The summed E-state index contributed by atoms with van der Waals surface area (Å²) in [6.45, 7) is 3.79. The highest BCUT2D eigenvalue weighted by atomic mass is 16.5. The molecule has 0 fully saturated rings. The van der Waals surface area contributed by atoms with Gasteiger partial charge < -0.3 is 19.1 Å². The van der Waals surface area contributed by atoms with Crippen molar-refractivity contribution in [3.05, 3.63) is 53.7 Å². The first-order valence-electron chi connectivity index (χ1n) is 9.95. The van der Waals surface area contributed by atoms with Gasteiger partial charge in [0.05, 0.1) is 32.2 Å². The van der Waals surface area contributed by atoms with Crippen LogP contribution >= 0.6 is 0 Å². The van der Waals surface area contributed by atoms with Crippen molar-refractivity contribution in [3.8, 4) is 34.1 Å². The van der Waals surface area contributed by atoms with Gasteiger partial charge in [0.15, 0.2) is 5.82 Å². The van der Waals surface area contributed by atoms with E-state index in [2.05, 4.69) is 4.98 Å². The molecule has 31 heavy (non-hydrogen) atoms. The van der Waals surface area contributed by atoms with E-state index >= 15 is 0 Å². The molecule has 1 heterocycles. The fourth-order valence-electron chi connectivity index (χ4n) is 3.25. The quantitative estimate of drug-likeness (QED) is 0.524. The second-order valence-electron chi connectivity index (χ2n) is 7.08. The molecule has 162 valence electrons. The summed E-state index contributed by atoms with van der Waals surface area (Å²) in [7, 11) is 7.12. The second kappa shape index (κ2) is 9.47. The Kier molecular flexibility index (Phi) is 6.74. The number of aryl methyl sites for hydroxylation is 1. The zero-order valence-corrected chi connectivity index (χ0v) is 18.7. The number of carbonyl (C=O) groups excluding carboxylic acids is 1. The molecule has 0 spiro atoms. The minimum absolute atomic E-state index is 0.251. The molecule has 3 rings (SSSR count). The van der Waals surface area contributed by atoms with Crippen LogP contribution in [0.2, 0.25) is 0 Å². The average molecular weight is 421 g/mol. The van der Waals surface area contributed by atoms with Crippen LogP contribution in [-0.2, 0) is 4.74 Å². The summed E-state index contributed by atoms with van der Waals surface area (Å²) >= 11 is 0. The number of carbonyl (C=O) groups is 1. The molecule has 0 aliphatic rings. The van der Waals surface area contributed by atoms with Gasteiger partial charge in [0.25, 0.3) is 0 Å². The normalized spacial score (nSPS) is 10.5. The number of aromatic nitrogens is 2. The van der Waals surface area contributed by atoms with Crippen molar-refractivity contribution in [1.29, 1.82) is 0 Å². The van der Waals surface area contributed by atoms with E-state index in [1.54, 1.807) is 46.3 Å². The van der Waals surface area contributed by atoms with Gasteiger partial charge in [0.1, 0.15) is 17.1 Å². The Balaban J connectivity index is 2.25. The first-order valence-corrected chi connectivity index (χ1v) is 9.95. The third-order valence-corrected chi connectivity index (χ3v) is 4.87. The molecule has 2 aromatic carbocycles. The van der Waals surface area contributed by atoms with Crippen molar-refractivity contribution < 1.29 is 19.0 Å². The Labute approximate surface area is 182 Å². The minimum Gasteiger partial charge on any atom is -0.497 e. The maximum absolute atomic E-state index is 12.8. The van der Waals surface area contributed by atoms with Crippen LogP contribution in [0.1, 0.15) is 23.0 Å². The van der Waals surface area contributed by atoms with E-state index in [9.17, 15) is 4.79 Å². The second-order valence-corrected chi connectivity index (χ2v) is 7.08. The molecule has 1 aromatic heterocycles. The zero-order valence-electron chi connectivity index (χ0n) is 18.7. The highest BCUT2D eigenvalue weighted by Crippen LogP contribution is 2.36. The van der Waals surface area contributed by atoms with Crippen molar-refractivity contribution in [2.24, 2.45) is 0 Å². The maximum Gasteiger partial charge on any atom is 0.342 e. The van der Waals surface area contributed by atoms with E-state index in [0.29, 0.717) is 39.8 Å². The molecule has 0 aliphatic heterocycles. The van der Waals surface area contributed by atoms with Crippen molar-refractivity contribution in [2.75, 3.05) is 39.8 Å². The van der Waals surface area contributed by atoms with Crippen LogP contribution in [0.25, 0.3) is 22.6 Å². The van der Waals surface area contributed by atoms with Crippen molar-refractivity contribution in [1.82, 2.24) is 9.97 Å². The molecule has 3 aromatic rings. The topological polar surface area (TPSA) is 73.8 Å². The Morgan fingerprint density at radius 2 is 1.71 bits per heavy atom. The summed E-state index contributed by atoms with van der Waals surface area (Å²) in [6.07, 6.45) is 0. The highest BCUT2D eigenvalue weighted by molar-refractivity contribution is 5.98. The number of anilines is 1. The summed E-state index contributed by atoms with van der Waals surface area (Å²) in [5.41, 5.74) is 3.81. The molecule has 0 saturated heterocycles. The number of hydrogen-bond donors (Lipinski definition) is 0. The average Bonchev–Trinajstić information content (AvgIpc) is 2.78. The first-order chi connectivity index (χ1) is 14.9. The molecule has 0 unspecified atom stereocenters. The molecule has 0 atom stereocenters. The number of methoxy groups -OCH3 is 2. The molecule has 0 aliphatic carbocycles. The van der Waals surface area contributed by atoms with E-state index in [1.165, 1.54) is 0 Å². The molecule has 0 saturated carbocycles. The van der Waals surface area contributed by atoms with Crippen molar-refractivity contribution >= 4 is 11.7 Å². The van der Waals surface area contributed by atoms with E-state index in [-0.39, 0.29) is 6.61 Å². The lowest BCUT2D eigenvalue weighted by Gasteiger charge is -2.16. The molecule has 0 N–H and O–H groups in total. The standard InChI is InChI=1S/C24H27N3O4/c1-7-31-24(28)21-15(2)25-23(16-8-10-17(11-9-16)27(3)4)26-22(21)19-14-18(29-5)12-13-20(19)30-6/h8-14H,7H2,1-6H3. The van der Waals surface area contributed by atoms with Gasteiger partial charge in [0, 0.05) is 30.9 Å². The third-order valence-electron chi connectivity index (χ3n) is 4.87. The lowest BCUT2D eigenvalue weighted by atomic mass is 10.0. The summed E-state index contributed by atoms with van der Waals surface area (Å²) in [6, 6.07) is 13.3. The number of rotatable bonds is 7. The van der Waals surface area contributed by atoms with Gasteiger partial charge in [-0.15, -0.1) is 0 Å². The highest BCUT2D eigenvalue weighted by Gasteiger charge is 2.24. The first kappa shape index (κ1) is 22.1. The Morgan fingerprint density at radius 3 is 2.29 bits per heavy atom. The van der Waals surface area contributed by atoms with Crippen molar-refractivity contribution in [3.63, 3.8) is 0 Å². The number of esters is 1. The molecular weight excluding hydrogens is 394 g/mol. The Bertz CT molecular complexity index is 1080. The molecular formula is C24H27N3O4. The van der Waals surface area contributed by atoms with E-state index in [0.717, 1.165) is 11.3 Å². The van der Waals surface area contributed by atoms with E-state index < -0.39 is 5.97 Å². The fraction of sp³-hybridized carbons (Fsp3) is 0.292. The largest absolute Gasteiger partial charge is 0.497 e. The van der Waals surface area contributed by atoms with Crippen molar-refractivity contribution in [2.45, 2.75) is 13.8 Å². The van der Waals surface area contributed by atoms with Crippen LogP contribution < -0.4 is 14.4 Å². The van der Waals surface area contributed by atoms with Crippen LogP contribution in [0.5, 0.6) is 11.5 Å². The van der Waals surface area contributed by atoms with Gasteiger partial charge in [-0.25, -0.2) is 14.8 Å². The summed E-state index contributed by atoms with van der Waals surface area (Å²) in [4.78, 5) is 24.2. The molecule has 0 radical (unpaired) electrons. The van der Waals surface area contributed by atoms with E-state index in [1.807, 2.05) is 43.3 Å². The zero-order chi connectivity index (χ0) is 22.5. The van der Waals surface area contributed by atoms with Gasteiger partial charge in [-0.1, -0.05) is 0 Å². The van der Waals surface area contributed by atoms with Gasteiger partial charge in [-0.2, -0.15) is 0 Å². The number of nitrogens with zero attached hydrogens (tertiary/aromatic N) is 3. The maximum atomic E-state index is 12.8. The number of ether oxygens (including phenoxy) is 3. The Morgan fingerprint density at radius 1 is 1.00 bits per heavy atom. The molecule has 0 amide bonds. The van der Waals surface area contributed by atoms with Gasteiger partial charge in [-0.3, -0.25) is 0 Å². The predicted octanol–water partition coefficient (Wildman–Crippen LogP) is 4.38. The number of hydrogen-bond acceptors (Lipinski definition) is 7. The van der Waals surface area contributed by atoms with Gasteiger partial charge in [0.2, 0.25) is 0 Å². The minimum atomic E-state index is -0.477. The lowest BCUT2D eigenvalue weighted by molar-refractivity contribution is 0.0525. The lowest BCUT2D eigenvalue weighted by Crippen LogP contribution is -2.13. The van der Waals surface area contributed by atoms with Crippen LogP contribution in [0.4, 0.5) is 5.69 Å². The van der Waals surface area contributed by atoms with Gasteiger partial charge in [-0.05, 0) is 56.3 Å². The fourth-order valence-corrected chi connectivity index (χ4v) is 3.25. The number of benzene rings is 2. The summed E-state index contributed by atoms with van der Waals surface area (Å²) < 4.78 is 16.2. The molecule has 0 bridgehead atoms. The molecule has 7 heteroatoms. The Hall–Kier alpha value is -3.61. The third kappa shape index (κ3) is 4.60. The summed E-state index contributed by atoms with van der Waals surface area (Å²) in [5, 5.41) is 0. The smallest absolute Gasteiger partial charge is 0.342 e. The summed E-state index contributed by atoms with van der Waals surface area (Å²) in [5.74, 6) is 1.22. The van der Waals surface area contributed by atoms with Gasteiger partial charge >= 0.3 is 5.97 Å². The van der Waals surface area contributed by atoms with Crippen LogP contribution in [-0.4, -0.2) is 50.9 Å². The van der Waals surface area contributed by atoms with Crippen LogP contribution in [0, 0.1) is 6.92 Å². The predicted molar refractivity (Wildman–Crippen MR) is 121 cm³/mol. The SMILES string of the molecule is CCOC(=O)c1c(C)nc(-c2ccc(N(C)C)cc2)nc1-c1cc(OC)ccc1OC.